The van der Waals surface area contributed by atoms with E-state index in [1.807, 2.05) is 36.4 Å². The molecule has 3 heteroatoms. The van der Waals surface area contributed by atoms with E-state index in [1.54, 1.807) is 12.1 Å². The lowest BCUT2D eigenvalue weighted by Crippen LogP contribution is -2.10. The Kier molecular flexibility index (Phi) is 5.59. The topological polar surface area (TPSA) is 35.5 Å². The van der Waals surface area contributed by atoms with E-state index in [0.29, 0.717) is 5.75 Å². The van der Waals surface area contributed by atoms with E-state index in [0.717, 1.165) is 29.7 Å². The molecule has 0 saturated heterocycles. The molecule has 22 heavy (non-hydrogen) atoms. The summed E-state index contributed by atoms with van der Waals surface area (Å²) in [6.07, 6.45) is 2.37. The summed E-state index contributed by atoms with van der Waals surface area (Å²) in [5.74, 6) is 1.12. The van der Waals surface area contributed by atoms with E-state index in [-0.39, 0.29) is 12.1 Å². The molecule has 3 nitrogen and oxygen atoms in total. The highest BCUT2D eigenvalue weighted by Gasteiger charge is 2.05. The first-order valence-corrected chi connectivity index (χ1v) is 7.64. The predicted octanol–water partition coefficient (Wildman–Crippen LogP) is 4.85. The van der Waals surface area contributed by atoms with Crippen LogP contribution in [0.5, 0.6) is 11.5 Å². The number of carbonyl (C=O) groups is 1. The molecule has 0 heterocycles. The third-order valence-electron chi connectivity index (χ3n) is 3.32. The first kappa shape index (κ1) is 16.1. The number of ether oxygens (including phenoxy) is 2. The van der Waals surface area contributed by atoms with E-state index in [4.69, 9.17) is 9.47 Å². The fourth-order valence-corrected chi connectivity index (χ4v) is 2.33. The number of rotatable bonds is 6. The Balaban J connectivity index is 2.13. The molecule has 0 aliphatic rings. The van der Waals surface area contributed by atoms with E-state index >= 15 is 0 Å². The predicted molar refractivity (Wildman–Crippen MR) is 88.2 cm³/mol. The van der Waals surface area contributed by atoms with Gasteiger partial charge in [-0.2, -0.15) is 0 Å². The lowest BCUT2D eigenvalue weighted by molar-refractivity contribution is -0.131. The summed E-state index contributed by atoms with van der Waals surface area (Å²) in [4.78, 5) is 10.9. The molecule has 2 rings (SSSR count). The fraction of sp³-hybridized carbons (Fsp3) is 0.316. The third-order valence-corrected chi connectivity index (χ3v) is 3.32. The largest absolute Gasteiger partial charge is 0.491 e. The number of esters is 1. The first-order valence-electron chi connectivity index (χ1n) is 7.64. The molecule has 0 aromatic heterocycles. The van der Waals surface area contributed by atoms with Gasteiger partial charge in [0.05, 0.1) is 6.10 Å². The monoisotopic (exact) mass is 298 g/mol. The molecule has 0 amide bonds. The van der Waals surface area contributed by atoms with E-state index in [1.165, 1.54) is 6.92 Å². The third kappa shape index (κ3) is 4.62. The average Bonchev–Trinajstić information content (AvgIpc) is 2.48. The summed E-state index contributed by atoms with van der Waals surface area (Å²) < 4.78 is 11.0. The Morgan fingerprint density at radius 3 is 2.41 bits per heavy atom. The zero-order valence-corrected chi connectivity index (χ0v) is 13.3. The van der Waals surface area contributed by atoms with Gasteiger partial charge in [-0.1, -0.05) is 37.6 Å². The van der Waals surface area contributed by atoms with Gasteiger partial charge in [-0.15, -0.1) is 0 Å². The van der Waals surface area contributed by atoms with Crippen molar-refractivity contribution in [3.05, 3.63) is 48.5 Å². The van der Waals surface area contributed by atoms with Crippen LogP contribution in [0.2, 0.25) is 0 Å². The van der Waals surface area contributed by atoms with Gasteiger partial charge in [0, 0.05) is 6.92 Å². The van der Waals surface area contributed by atoms with Gasteiger partial charge in [-0.05, 0) is 48.7 Å². The molecule has 0 bridgehead atoms. The van der Waals surface area contributed by atoms with Crippen molar-refractivity contribution in [3.63, 3.8) is 0 Å². The molecule has 2 aromatic rings. The Bertz CT molecular complexity index is 617. The van der Waals surface area contributed by atoms with Gasteiger partial charge in [-0.3, -0.25) is 4.79 Å². The van der Waals surface area contributed by atoms with E-state index in [9.17, 15) is 4.79 Å². The van der Waals surface area contributed by atoms with Gasteiger partial charge in [0.25, 0.3) is 0 Å². The van der Waals surface area contributed by atoms with Crippen LogP contribution in [0.1, 0.15) is 33.6 Å². The molecule has 1 atom stereocenters. The SMILES string of the molecule is CCCC(C)Oc1cccc(-c2ccc(OC(C)=O)cc2)c1. The van der Waals surface area contributed by atoms with Crippen LogP contribution in [0.25, 0.3) is 11.1 Å². The van der Waals surface area contributed by atoms with Crippen molar-refractivity contribution >= 4 is 5.97 Å². The maximum atomic E-state index is 10.9. The van der Waals surface area contributed by atoms with Crippen LogP contribution in [0.3, 0.4) is 0 Å². The molecule has 0 aliphatic heterocycles. The molecule has 116 valence electrons. The summed E-state index contributed by atoms with van der Waals surface area (Å²) in [6, 6.07) is 15.5. The van der Waals surface area contributed by atoms with Crippen molar-refractivity contribution in [3.8, 4) is 22.6 Å². The summed E-state index contributed by atoms with van der Waals surface area (Å²) in [7, 11) is 0. The second-order valence-electron chi connectivity index (χ2n) is 5.36. The van der Waals surface area contributed by atoms with Crippen LogP contribution < -0.4 is 9.47 Å². The molecule has 1 unspecified atom stereocenters. The van der Waals surface area contributed by atoms with Crippen molar-refractivity contribution in [1.82, 2.24) is 0 Å². The zero-order valence-electron chi connectivity index (χ0n) is 13.3. The maximum absolute atomic E-state index is 10.9. The normalized spacial score (nSPS) is 11.8. The highest BCUT2D eigenvalue weighted by atomic mass is 16.5. The molecule has 0 aliphatic carbocycles. The smallest absolute Gasteiger partial charge is 0.308 e. The quantitative estimate of drug-likeness (QED) is 0.565. The van der Waals surface area contributed by atoms with Crippen LogP contribution in [0.15, 0.2) is 48.5 Å². The minimum atomic E-state index is -0.312. The van der Waals surface area contributed by atoms with Gasteiger partial charge < -0.3 is 9.47 Å². The Labute approximate surface area is 131 Å². The van der Waals surface area contributed by atoms with Crippen LogP contribution in [-0.4, -0.2) is 12.1 Å². The van der Waals surface area contributed by atoms with Gasteiger partial charge in [0.2, 0.25) is 0 Å². The van der Waals surface area contributed by atoms with Crippen molar-refractivity contribution in [1.29, 1.82) is 0 Å². The minimum absolute atomic E-state index is 0.214. The van der Waals surface area contributed by atoms with Crippen molar-refractivity contribution in [2.45, 2.75) is 39.7 Å². The summed E-state index contributed by atoms with van der Waals surface area (Å²) in [6.45, 7) is 5.64. The lowest BCUT2D eigenvalue weighted by atomic mass is 10.1. The highest BCUT2D eigenvalue weighted by molar-refractivity contribution is 5.70. The number of hydrogen-bond donors (Lipinski definition) is 0. The summed E-state index contributed by atoms with van der Waals surface area (Å²) >= 11 is 0. The zero-order chi connectivity index (χ0) is 15.9. The van der Waals surface area contributed by atoms with Crippen molar-refractivity contribution in [2.24, 2.45) is 0 Å². The minimum Gasteiger partial charge on any atom is -0.491 e. The number of hydrogen-bond acceptors (Lipinski definition) is 3. The second-order valence-corrected chi connectivity index (χ2v) is 5.36. The average molecular weight is 298 g/mol. The lowest BCUT2D eigenvalue weighted by Gasteiger charge is -2.14. The Morgan fingerprint density at radius 2 is 1.77 bits per heavy atom. The second kappa shape index (κ2) is 7.64. The molecule has 0 radical (unpaired) electrons. The van der Waals surface area contributed by atoms with Gasteiger partial charge in [-0.25, -0.2) is 0 Å². The van der Waals surface area contributed by atoms with Crippen molar-refractivity contribution < 1.29 is 14.3 Å². The molecule has 0 spiro atoms. The molecular formula is C19H22O3. The molecule has 2 aromatic carbocycles. The van der Waals surface area contributed by atoms with Gasteiger partial charge in [0.1, 0.15) is 11.5 Å². The van der Waals surface area contributed by atoms with E-state index < -0.39 is 0 Å². The van der Waals surface area contributed by atoms with Crippen LogP contribution in [-0.2, 0) is 4.79 Å². The van der Waals surface area contributed by atoms with Crippen LogP contribution in [0.4, 0.5) is 0 Å². The molecule has 0 N–H and O–H groups in total. The Morgan fingerprint density at radius 1 is 1.05 bits per heavy atom. The van der Waals surface area contributed by atoms with Gasteiger partial charge >= 0.3 is 5.97 Å². The molecule has 0 saturated carbocycles. The number of carbonyl (C=O) groups excluding carboxylic acids is 1. The number of benzene rings is 2. The van der Waals surface area contributed by atoms with Crippen molar-refractivity contribution in [2.75, 3.05) is 0 Å². The first-order chi connectivity index (χ1) is 10.6. The summed E-state index contributed by atoms with van der Waals surface area (Å²) in [5, 5.41) is 0. The van der Waals surface area contributed by atoms with Gasteiger partial charge in [0.15, 0.2) is 0 Å². The highest BCUT2D eigenvalue weighted by Crippen LogP contribution is 2.26. The Hall–Kier alpha value is -2.29. The maximum Gasteiger partial charge on any atom is 0.308 e. The van der Waals surface area contributed by atoms with E-state index in [2.05, 4.69) is 13.8 Å². The van der Waals surface area contributed by atoms with Crippen LogP contribution in [0, 0.1) is 0 Å². The standard InChI is InChI=1S/C19H22O3/c1-4-6-14(2)21-19-8-5-7-17(13-19)16-9-11-18(12-10-16)22-15(3)20/h5,7-14H,4,6H2,1-3H3. The molecular weight excluding hydrogens is 276 g/mol. The van der Waals surface area contributed by atoms with Crippen LogP contribution >= 0.6 is 0 Å². The molecule has 0 fully saturated rings. The fourth-order valence-electron chi connectivity index (χ4n) is 2.33. The summed E-state index contributed by atoms with van der Waals surface area (Å²) in [5.41, 5.74) is 2.14.